The van der Waals surface area contributed by atoms with Crippen molar-refractivity contribution < 1.29 is 14.6 Å². The number of hydrogen-bond acceptors (Lipinski definition) is 3. The average molecular weight is 244 g/mol. The van der Waals surface area contributed by atoms with E-state index in [1.165, 1.54) is 11.1 Å². The number of benzene rings is 1. The van der Waals surface area contributed by atoms with E-state index in [-0.39, 0.29) is 5.69 Å². The lowest BCUT2D eigenvalue weighted by atomic mass is 9.99. The number of hydrogen-bond donors (Lipinski definition) is 2. The van der Waals surface area contributed by atoms with Crippen LogP contribution in [0, 0.1) is 0 Å². The van der Waals surface area contributed by atoms with Crippen molar-refractivity contribution in [2.45, 2.75) is 13.0 Å². The van der Waals surface area contributed by atoms with Crippen molar-refractivity contribution in [3.05, 3.63) is 41.1 Å². The number of carboxylic acid groups (broad SMARTS) is 1. The maximum Gasteiger partial charge on any atom is 0.353 e. The van der Waals surface area contributed by atoms with E-state index in [0.717, 1.165) is 18.6 Å². The fraction of sp³-hybridized carbons (Fsp3) is 0.231. The maximum absolute atomic E-state index is 10.8. The van der Waals surface area contributed by atoms with Crippen molar-refractivity contribution in [3.8, 4) is 11.3 Å². The third kappa shape index (κ3) is 1.89. The van der Waals surface area contributed by atoms with Crippen LogP contribution in [0.3, 0.4) is 0 Å². The second-order valence-electron chi connectivity index (χ2n) is 4.26. The van der Waals surface area contributed by atoms with Crippen LogP contribution in [0.25, 0.3) is 11.3 Å². The van der Waals surface area contributed by atoms with Gasteiger partial charge in [-0.05, 0) is 29.7 Å². The van der Waals surface area contributed by atoms with Gasteiger partial charge in [-0.3, -0.25) is 5.10 Å². The van der Waals surface area contributed by atoms with E-state index < -0.39 is 5.97 Å². The van der Waals surface area contributed by atoms with Gasteiger partial charge in [0.25, 0.3) is 0 Å². The van der Waals surface area contributed by atoms with Crippen LogP contribution in [0.2, 0.25) is 0 Å². The number of carbonyl (C=O) groups is 1. The number of rotatable bonds is 2. The standard InChI is InChI=1S/C13H12N2O3/c16-13(17)12-6-11(14-15-12)9-1-2-10-7-18-4-3-8(10)5-9/h1-2,5-6H,3-4,7H2,(H,14,15)(H,16,17). The first-order chi connectivity index (χ1) is 8.74. The molecule has 0 saturated carbocycles. The Hall–Kier alpha value is -2.14. The Balaban J connectivity index is 1.98. The lowest BCUT2D eigenvalue weighted by Gasteiger charge is -2.16. The topological polar surface area (TPSA) is 75.2 Å². The third-order valence-corrected chi connectivity index (χ3v) is 3.08. The normalized spacial score (nSPS) is 14.2. The second kappa shape index (κ2) is 4.27. The SMILES string of the molecule is O=C(O)c1cc(-c2ccc3c(c2)CCOC3)n[nH]1. The van der Waals surface area contributed by atoms with E-state index in [4.69, 9.17) is 9.84 Å². The number of H-pyrrole nitrogens is 1. The van der Waals surface area contributed by atoms with E-state index in [1.807, 2.05) is 12.1 Å². The molecule has 2 heterocycles. The summed E-state index contributed by atoms with van der Waals surface area (Å²) < 4.78 is 5.38. The predicted molar refractivity (Wildman–Crippen MR) is 64.3 cm³/mol. The van der Waals surface area contributed by atoms with E-state index in [1.54, 1.807) is 6.07 Å². The van der Waals surface area contributed by atoms with E-state index >= 15 is 0 Å². The molecule has 0 amide bonds. The van der Waals surface area contributed by atoms with Crippen LogP contribution in [-0.2, 0) is 17.8 Å². The first-order valence-corrected chi connectivity index (χ1v) is 5.72. The Bertz CT molecular complexity index is 604. The monoisotopic (exact) mass is 244 g/mol. The van der Waals surface area contributed by atoms with Gasteiger partial charge < -0.3 is 9.84 Å². The molecule has 92 valence electrons. The predicted octanol–water partition coefficient (Wildman–Crippen LogP) is 1.85. The number of nitrogens with one attached hydrogen (secondary N) is 1. The molecule has 0 saturated heterocycles. The summed E-state index contributed by atoms with van der Waals surface area (Å²) in [7, 11) is 0. The van der Waals surface area contributed by atoms with Crippen molar-refractivity contribution >= 4 is 5.97 Å². The Morgan fingerprint density at radius 2 is 2.22 bits per heavy atom. The third-order valence-electron chi connectivity index (χ3n) is 3.08. The van der Waals surface area contributed by atoms with Crippen LogP contribution in [-0.4, -0.2) is 27.9 Å². The lowest BCUT2D eigenvalue weighted by Crippen LogP contribution is -2.09. The Morgan fingerprint density at radius 3 is 3.00 bits per heavy atom. The van der Waals surface area contributed by atoms with Crippen molar-refractivity contribution in [3.63, 3.8) is 0 Å². The minimum absolute atomic E-state index is 0.103. The van der Waals surface area contributed by atoms with Crippen LogP contribution < -0.4 is 0 Å². The van der Waals surface area contributed by atoms with E-state index in [9.17, 15) is 4.79 Å². The average Bonchev–Trinajstić information content (AvgIpc) is 2.88. The summed E-state index contributed by atoms with van der Waals surface area (Å²) >= 11 is 0. The summed E-state index contributed by atoms with van der Waals surface area (Å²) in [5.41, 5.74) is 4.13. The highest BCUT2D eigenvalue weighted by atomic mass is 16.5. The number of aromatic amines is 1. The minimum atomic E-state index is -1.000. The number of nitrogens with zero attached hydrogens (tertiary/aromatic N) is 1. The van der Waals surface area contributed by atoms with Gasteiger partial charge >= 0.3 is 5.97 Å². The quantitative estimate of drug-likeness (QED) is 0.845. The largest absolute Gasteiger partial charge is 0.477 e. The fourth-order valence-corrected chi connectivity index (χ4v) is 2.10. The molecular formula is C13H12N2O3. The van der Waals surface area contributed by atoms with Crippen LogP contribution >= 0.6 is 0 Å². The first-order valence-electron chi connectivity index (χ1n) is 5.72. The van der Waals surface area contributed by atoms with Crippen molar-refractivity contribution in [2.24, 2.45) is 0 Å². The fourth-order valence-electron chi connectivity index (χ4n) is 2.10. The zero-order valence-corrected chi connectivity index (χ0v) is 9.64. The van der Waals surface area contributed by atoms with Crippen LogP contribution in [0.15, 0.2) is 24.3 Å². The van der Waals surface area contributed by atoms with Crippen molar-refractivity contribution in [1.82, 2.24) is 10.2 Å². The summed E-state index contributed by atoms with van der Waals surface area (Å²) in [6.07, 6.45) is 0.888. The summed E-state index contributed by atoms with van der Waals surface area (Å²) in [4.78, 5) is 10.8. The maximum atomic E-state index is 10.8. The molecule has 3 rings (SSSR count). The summed E-state index contributed by atoms with van der Waals surface area (Å²) in [5, 5.41) is 15.4. The van der Waals surface area contributed by atoms with Gasteiger partial charge in [-0.15, -0.1) is 0 Å². The van der Waals surface area contributed by atoms with Gasteiger partial charge in [0.2, 0.25) is 0 Å². The zero-order valence-electron chi connectivity index (χ0n) is 9.64. The van der Waals surface area contributed by atoms with Crippen LogP contribution in [0.5, 0.6) is 0 Å². The molecule has 5 nitrogen and oxygen atoms in total. The number of carboxylic acids is 1. The molecule has 5 heteroatoms. The van der Waals surface area contributed by atoms with Gasteiger partial charge in [-0.1, -0.05) is 12.1 Å². The molecule has 1 aromatic heterocycles. The molecule has 2 N–H and O–H groups in total. The Morgan fingerprint density at radius 1 is 1.33 bits per heavy atom. The molecule has 0 fully saturated rings. The van der Waals surface area contributed by atoms with E-state index in [0.29, 0.717) is 12.3 Å². The highest BCUT2D eigenvalue weighted by molar-refractivity contribution is 5.86. The minimum Gasteiger partial charge on any atom is -0.477 e. The van der Waals surface area contributed by atoms with Crippen molar-refractivity contribution in [1.29, 1.82) is 0 Å². The zero-order chi connectivity index (χ0) is 12.5. The first kappa shape index (κ1) is 11.0. The molecule has 2 aromatic rings. The number of aromatic carboxylic acids is 1. The van der Waals surface area contributed by atoms with Gasteiger partial charge in [0, 0.05) is 5.56 Å². The Kier molecular flexibility index (Phi) is 2.60. The molecule has 0 spiro atoms. The molecule has 0 aliphatic carbocycles. The number of ether oxygens (including phenoxy) is 1. The van der Waals surface area contributed by atoms with Crippen molar-refractivity contribution in [2.75, 3.05) is 6.61 Å². The number of aromatic nitrogens is 2. The number of fused-ring (bicyclic) bond motifs is 1. The second-order valence-corrected chi connectivity index (χ2v) is 4.26. The molecule has 1 aromatic carbocycles. The molecule has 0 atom stereocenters. The Labute approximate surface area is 103 Å². The summed E-state index contributed by atoms with van der Waals surface area (Å²) in [6.45, 7) is 1.38. The molecule has 0 bridgehead atoms. The molecule has 18 heavy (non-hydrogen) atoms. The van der Waals surface area contributed by atoms with Gasteiger partial charge in [0.1, 0.15) is 5.69 Å². The smallest absolute Gasteiger partial charge is 0.353 e. The highest BCUT2D eigenvalue weighted by Gasteiger charge is 2.13. The van der Waals surface area contributed by atoms with Gasteiger partial charge in [0.05, 0.1) is 18.9 Å². The highest BCUT2D eigenvalue weighted by Crippen LogP contribution is 2.24. The molecule has 1 aliphatic rings. The molecule has 1 aliphatic heterocycles. The van der Waals surface area contributed by atoms with Crippen LogP contribution in [0.4, 0.5) is 0 Å². The van der Waals surface area contributed by atoms with Gasteiger partial charge in [0.15, 0.2) is 0 Å². The van der Waals surface area contributed by atoms with E-state index in [2.05, 4.69) is 16.3 Å². The summed E-state index contributed by atoms with van der Waals surface area (Å²) in [6, 6.07) is 7.55. The van der Waals surface area contributed by atoms with Gasteiger partial charge in [-0.25, -0.2) is 4.79 Å². The van der Waals surface area contributed by atoms with Crippen LogP contribution in [0.1, 0.15) is 21.6 Å². The molecular weight excluding hydrogens is 232 g/mol. The van der Waals surface area contributed by atoms with Gasteiger partial charge in [-0.2, -0.15) is 5.10 Å². The summed E-state index contributed by atoms with van der Waals surface area (Å²) in [5.74, 6) is -1.000. The molecule has 0 unspecified atom stereocenters. The molecule has 0 radical (unpaired) electrons. The lowest BCUT2D eigenvalue weighted by molar-refractivity contribution is 0.0690.